The molecule has 0 aliphatic rings. The predicted octanol–water partition coefficient (Wildman–Crippen LogP) is 10.6. The summed E-state index contributed by atoms with van der Waals surface area (Å²) < 4.78 is 3.09. The fourth-order valence-corrected chi connectivity index (χ4v) is 8.24. The van der Waals surface area contributed by atoms with Gasteiger partial charge in [-0.1, -0.05) is 220 Å². The number of alkyl halides is 19. The largest absolute Gasteiger partial charge is 0.302 e. The Labute approximate surface area is 277 Å². The molecular formula is C9HCl19O3S. The minimum atomic E-state index is -5.57. The van der Waals surface area contributed by atoms with Crippen LogP contribution in [0.3, 0.4) is 0 Å². The summed E-state index contributed by atoms with van der Waals surface area (Å²) in [5, 5.41) is 0. The molecule has 0 aromatic carbocycles. The lowest BCUT2D eigenvalue weighted by molar-refractivity contribution is 0.433. The molecule has 3 nitrogen and oxygen atoms in total. The fourth-order valence-electron chi connectivity index (χ4n) is 1.51. The molecule has 0 heterocycles. The van der Waals surface area contributed by atoms with Gasteiger partial charge in [-0.15, -0.1) is 0 Å². The van der Waals surface area contributed by atoms with Crippen LogP contribution in [0.4, 0.5) is 0 Å². The van der Waals surface area contributed by atoms with Gasteiger partial charge in [0.05, 0.1) is 0 Å². The SMILES string of the molecule is O=S(=O)(O)C(Cl)(Cl)C(Cl)(Cl)C(Cl)(Cl)C(Cl)(Cl)C(Cl)(Cl)C(Cl)(Cl)C(Cl)(Cl)C(Cl)(Cl)C(Cl)(Cl)Cl. The van der Waals surface area contributed by atoms with E-state index >= 15 is 0 Å². The molecule has 0 saturated heterocycles. The van der Waals surface area contributed by atoms with Gasteiger partial charge in [-0.25, -0.2) is 0 Å². The molecule has 0 amide bonds. The number of halogens is 19. The van der Waals surface area contributed by atoms with E-state index in [1.807, 2.05) is 0 Å². The lowest BCUT2D eigenvalue weighted by Gasteiger charge is -2.54. The third kappa shape index (κ3) is 5.62. The van der Waals surface area contributed by atoms with Crippen LogP contribution < -0.4 is 0 Å². The highest BCUT2D eigenvalue weighted by atomic mass is 35.6. The van der Waals surface area contributed by atoms with E-state index in [4.69, 9.17) is 220 Å². The molecule has 32 heavy (non-hydrogen) atoms. The van der Waals surface area contributed by atoms with Crippen molar-refractivity contribution in [3.05, 3.63) is 0 Å². The third-order valence-electron chi connectivity index (χ3n) is 3.41. The molecule has 0 atom stereocenters. The van der Waals surface area contributed by atoms with Crippen molar-refractivity contribution >= 4 is 231 Å². The number of hydrogen-bond donors (Lipinski definition) is 1. The average molecular weight is 863 g/mol. The predicted molar refractivity (Wildman–Crippen MR) is 147 cm³/mol. The van der Waals surface area contributed by atoms with Crippen LogP contribution >= 0.6 is 220 Å². The van der Waals surface area contributed by atoms with Crippen molar-refractivity contribution in [3.8, 4) is 0 Å². The van der Waals surface area contributed by atoms with Crippen LogP contribution in [0, 0.1) is 0 Å². The average Bonchev–Trinajstić information content (AvgIpc) is 2.51. The lowest BCUT2D eigenvalue weighted by atomic mass is 10.0. The van der Waals surface area contributed by atoms with Crippen molar-refractivity contribution < 1.29 is 13.0 Å². The first kappa shape index (κ1) is 37.4. The topological polar surface area (TPSA) is 54.4 Å². The van der Waals surface area contributed by atoms with Crippen molar-refractivity contribution in [2.75, 3.05) is 0 Å². The Morgan fingerprint density at radius 2 is 0.562 bits per heavy atom. The van der Waals surface area contributed by atoms with Gasteiger partial charge in [0.15, 0.2) is 21.7 Å². The summed E-state index contributed by atoms with van der Waals surface area (Å²) in [5.41, 5.74) is 0. The van der Waals surface area contributed by atoms with Gasteiger partial charge < -0.3 is 0 Å². The van der Waals surface area contributed by atoms with Crippen molar-refractivity contribution in [2.24, 2.45) is 0 Å². The zero-order valence-corrected chi connectivity index (χ0v) is 28.5. The Morgan fingerprint density at radius 3 is 0.750 bits per heavy atom. The summed E-state index contributed by atoms with van der Waals surface area (Å²) in [6.07, 6.45) is 0. The van der Waals surface area contributed by atoms with Crippen LogP contribution in [0.2, 0.25) is 0 Å². The van der Waals surface area contributed by atoms with E-state index in [2.05, 4.69) is 0 Å². The molecule has 0 aliphatic heterocycles. The summed E-state index contributed by atoms with van der Waals surface area (Å²) in [4.78, 5) is 0. The highest BCUT2D eigenvalue weighted by Crippen LogP contribution is 2.73. The molecule has 0 radical (unpaired) electrons. The highest BCUT2D eigenvalue weighted by molar-refractivity contribution is 7.90. The van der Waals surface area contributed by atoms with Gasteiger partial charge >= 0.3 is 10.1 Å². The molecule has 0 rings (SSSR count). The van der Waals surface area contributed by atoms with Gasteiger partial charge in [0.2, 0.25) is 12.5 Å². The van der Waals surface area contributed by atoms with E-state index in [-0.39, 0.29) is 0 Å². The van der Waals surface area contributed by atoms with Gasteiger partial charge in [-0.05, 0) is 0 Å². The monoisotopic (exact) mass is 853 g/mol. The Balaban J connectivity index is 7.06. The van der Waals surface area contributed by atoms with Crippen LogP contribution in [0.15, 0.2) is 0 Å². The number of rotatable bonds is 8. The number of hydrogen-bond acceptors (Lipinski definition) is 2. The van der Waals surface area contributed by atoms with Crippen LogP contribution in [0.5, 0.6) is 0 Å². The summed E-state index contributed by atoms with van der Waals surface area (Å²) in [6, 6.07) is 0. The summed E-state index contributed by atoms with van der Waals surface area (Å²) in [6.45, 7) is 0. The first-order chi connectivity index (χ1) is 13.2. The third-order valence-corrected chi connectivity index (χ3v) is 18.4. The van der Waals surface area contributed by atoms with E-state index in [1.54, 1.807) is 0 Å². The summed E-state index contributed by atoms with van der Waals surface area (Å²) in [5.74, 6) is 0. The Morgan fingerprint density at radius 1 is 0.375 bits per heavy atom. The summed E-state index contributed by atoms with van der Waals surface area (Å²) in [7, 11) is -5.57. The van der Waals surface area contributed by atoms with E-state index in [0.29, 0.717) is 0 Å². The maximum absolute atomic E-state index is 11.6. The smallest absolute Gasteiger partial charge is 0.283 e. The van der Waals surface area contributed by atoms with Gasteiger partial charge in [0.1, 0.15) is 0 Å². The molecule has 0 saturated carbocycles. The van der Waals surface area contributed by atoms with E-state index in [9.17, 15) is 13.0 Å². The van der Waals surface area contributed by atoms with Gasteiger partial charge in [-0.3, -0.25) is 4.55 Å². The molecule has 0 unspecified atom stereocenters. The first-order valence-corrected chi connectivity index (χ1v) is 14.9. The molecule has 0 bridgehead atoms. The molecule has 23 heteroatoms. The first-order valence-electron chi connectivity index (χ1n) is 6.31. The van der Waals surface area contributed by atoms with Crippen molar-refractivity contribution in [3.63, 3.8) is 0 Å². The maximum Gasteiger partial charge on any atom is 0.302 e. The van der Waals surface area contributed by atoms with Gasteiger partial charge in [-0.2, -0.15) is 8.42 Å². The molecule has 1 N–H and O–H groups in total. The van der Waals surface area contributed by atoms with Crippen molar-refractivity contribution in [2.45, 2.75) is 37.8 Å². The second-order valence-electron chi connectivity index (χ2n) is 5.51. The van der Waals surface area contributed by atoms with Crippen molar-refractivity contribution in [1.82, 2.24) is 0 Å². The van der Waals surface area contributed by atoms with Crippen LogP contribution in [0.25, 0.3) is 0 Å². The lowest BCUT2D eigenvalue weighted by Crippen LogP contribution is -2.72. The second-order valence-corrected chi connectivity index (χ2v) is 20.4. The summed E-state index contributed by atoms with van der Waals surface area (Å²) >= 11 is 113. The standard InChI is InChI=1S/C9HCl19O3S/c10-1(11,2(12,13)4(16,17)6(20,21)8(24,25)26)3(14,15)5(18,19)7(22,23)9(27,28)32(29,30)31/h(H,29,30,31). The van der Waals surface area contributed by atoms with E-state index < -0.39 is 47.9 Å². The molecule has 0 aliphatic carbocycles. The van der Waals surface area contributed by atoms with Gasteiger partial charge in [0.25, 0.3) is 3.67 Å². The Kier molecular flexibility index (Phi) is 12.5. The molecular weight excluding hydrogens is 862 g/mol. The minimum absolute atomic E-state index is 2.74. The Hall–Kier alpha value is 5.42. The molecule has 0 fully saturated rings. The van der Waals surface area contributed by atoms with Crippen molar-refractivity contribution in [1.29, 1.82) is 0 Å². The second kappa shape index (κ2) is 10.7. The normalized spacial score (nSPS) is 17.0. The molecule has 0 spiro atoms. The van der Waals surface area contributed by atoms with Crippen LogP contribution in [0.1, 0.15) is 0 Å². The minimum Gasteiger partial charge on any atom is -0.283 e. The highest BCUT2D eigenvalue weighted by Gasteiger charge is 2.83. The van der Waals surface area contributed by atoms with E-state index in [1.165, 1.54) is 0 Å². The molecule has 194 valence electrons. The van der Waals surface area contributed by atoms with Crippen LogP contribution in [-0.2, 0) is 10.1 Å². The maximum atomic E-state index is 11.6. The molecule has 0 aromatic heterocycles. The zero-order chi connectivity index (χ0) is 27.0. The fraction of sp³-hybridized carbons (Fsp3) is 1.00. The zero-order valence-electron chi connectivity index (χ0n) is 13.4. The Bertz CT molecular complexity index is 821. The molecule has 0 aromatic rings. The quantitative estimate of drug-likeness (QED) is 0.195. The van der Waals surface area contributed by atoms with E-state index in [0.717, 1.165) is 0 Å². The van der Waals surface area contributed by atoms with Gasteiger partial charge in [0, 0.05) is 0 Å². The van der Waals surface area contributed by atoms with Crippen LogP contribution in [-0.4, -0.2) is 50.8 Å².